The first-order valence-corrected chi connectivity index (χ1v) is 5.94. The summed E-state index contributed by atoms with van der Waals surface area (Å²) in [5.41, 5.74) is 1.33. The second kappa shape index (κ2) is 4.83. The van der Waals surface area contributed by atoms with Gasteiger partial charge in [0.05, 0.1) is 5.56 Å². The Morgan fingerprint density at radius 3 is 2.71 bits per heavy atom. The van der Waals surface area contributed by atoms with Crippen LogP contribution in [0, 0.1) is 23.0 Å². The molecule has 7 heteroatoms. The van der Waals surface area contributed by atoms with E-state index in [1.165, 1.54) is 6.07 Å². The highest BCUT2D eigenvalue weighted by Gasteiger charge is 2.15. The van der Waals surface area contributed by atoms with E-state index in [-0.39, 0.29) is 11.7 Å². The van der Waals surface area contributed by atoms with Gasteiger partial charge in [-0.05, 0) is 24.3 Å². The molecule has 2 aromatic heterocycles. The van der Waals surface area contributed by atoms with Crippen LogP contribution in [0.15, 0.2) is 35.0 Å². The van der Waals surface area contributed by atoms with E-state index in [1.54, 1.807) is 23.9 Å². The van der Waals surface area contributed by atoms with Gasteiger partial charge in [0.15, 0.2) is 11.6 Å². The molecule has 0 aliphatic carbocycles. The summed E-state index contributed by atoms with van der Waals surface area (Å²) in [6, 6.07) is 6.96. The van der Waals surface area contributed by atoms with Crippen molar-refractivity contribution in [2.45, 2.75) is 0 Å². The number of hydrogen-bond donors (Lipinski definition) is 0. The molecule has 0 amide bonds. The van der Waals surface area contributed by atoms with Gasteiger partial charge in [0, 0.05) is 18.8 Å². The van der Waals surface area contributed by atoms with Gasteiger partial charge in [0.25, 0.3) is 5.89 Å². The van der Waals surface area contributed by atoms with E-state index in [0.717, 1.165) is 12.1 Å². The topological polar surface area (TPSA) is 67.6 Å². The van der Waals surface area contributed by atoms with Crippen molar-refractivity contribution in [1.82, 2.24) is 14.7 Å². The Morgan fingerprint density at radius 1 is 1.24 bits per heavy atom. The molecule has 0 unspecified atom stereocenters. The molecular weight excluding hydrogens is 278 g/mol. The summed E-state index contributed by atoms with van der Waals surface area (Å²) in [5, 5.41) is 12.6. The van der Waals surface area contributed by atoms with Crippen molar-refractivity contribution in [3.63, 3.8) is 0 Å². The highest BCUT2D eigenvalue weighted by Crippen LogP contribution is 2.24. The van der Waals surface area contributed by atoms with Crippen molar-refractivity contribution in [3.05, 3.63) is 47.7 Å². The summed E-state index contributed by atoms with van der Waals surface area (Å²) < 4.78 is 32.9. The third-order valence-electron chi connectivity index (χ3n) is 2.96. The normalized spacial score (nSPS) is 10.6. The number of aromatic nitrogens is 3. The number of halogens is 2. The third-order valence-corrected chi connectivity index (χ3v) is 2.96. The van der Waals surface area contributed by atoms with Gasteiger partial charge in [-0.15, -0.1) is 0 Å². The number of hydrogen-bond acceptors (Lipinski definition) is 4. The zero-order valence-corrected chi connectivity index (χ0v) is 10.8. The number of nitriles is 1. The maximum atomic E-state index is 13.2. The average molecular weight is 286 g/mol. The number of aryl methyl sites for hydroxylation is 1. The van der Waals surface area contributed by atoms with Gasteiger partial charge in [0.2, 0.25) is 5.82 Å². The second-order valence-electron chi connectivity index (χ2n) is 4.39. The van der Waals surface area contributed by atoms with Crippen LogP contribution in [-0.2, 0) is 7.05 Å². The number of rotatable bonds is 2. The lowest BCUT2D eigenvalue weighted by Crippen LogP contribution is -1.90. The summed E-state index contributed by atoms with van der Waals surface area (Å²) in [4.78, 5) is 4.13. The molecule has 0 aliphatic rings. The SMILES string of the molecule is Cn1cc(C#N)cc1-c1nc(-c2ccc(F)c(F)c2)no1. The van der Waals surface area contributed by atoms with Crippen LogP contribution in [0.3, 0.4) is 0 Å². The van der Waals surface area contributed by atoms with Gasteiger partial charge in [-0.2, -0.15) is 10.2 Å². The van der Waals surface area contributed by atoms with Crippen LogP contribution in [0.2, 0.25) is 0 Å². The molecule has 0 fully saturated rings. The van der Waals surface area contributed by atoms with Gasteiger partial charge >= 0.3 is 0 Å². The Morgan fingerprint density at radius 2 is 2.05 bits per heavy atom. The van der Waals surface area contributed by atoms with E-state index >= 15 is 0 Å². The van der Waals surface area contributed by atoms with Crippen LogP contribution in [0.4, 0.5) is 8.78 Å². The third kappa shape index (κ3) is 2.27. The molecule has 21 heavy (non-hydrogen) atoms. The first-order chi connectivity index (χ1) is 10.1. The summed E-state index contributed by atoms with van der Waals surface area (Å²) in [7, 11) is 1.73. The molecule has 0 saturated carbocycles. The molecule has 2 heterocycles. The van der Waals surface area contributed by atoms with Crippen molar-refractivity contribution in [2.24, 2.45) is 7.05 Å². The maximum absolute atomic E-state index is 13.2. The lowest BCUT2D eigenvalue weighted by Gasteiger charge is -1.96. The minimum atomic E-state index is -0.982. The van der Waals surface area contributed by atoms with Crippen LogP contribution < -0.4 is 0 Å². The molecule has 1 aromatic carbocycles. The van der Waals surface area contributed by atoms with Crippen LogP contribution in [0.25, 0.3) is 23.0 Å². The van der Waals surface area contributed by atoms with Crippen molar-refractivity contribution in [1.29, 1.82) is 5.26 Å². The molecule has 0 atom stereocenters. The monoisotopic (exact) mass is 286 g/mol. The molecule has 0 N–H and O–H groups in total. The van der Waals surface area contributed by atoms with E-state index in [4.69, 9.17) is 9.78 Å². The number of benzene rings is 1. The Labute approximate surface area is 118 Å². The van der Waals surface area contributed by atoms with Gasteiger partial charge in [-0.1, -0.05) is 5.16 Å². The summed E-state index contributed by atoms with van der Waals surface area (Å²) in [6.45, 7) is 0. The summed E-state index contributed by atoms with van der Waals surface area (Å²) in [6.07, 6.45) is 1.62. The smallest absolute Gasteiger partial charge is 0.274 e. The van der Waals surface area contributed by atoms with E-state index in [9.17, 15) is 8.78 Å². The molecule has 3 rings (SSSR count). The fourth-order valence-electron chi connectivity index (χ4n) is 1.92. The Hall–Kier alpha value is -3.01. The predicted octanol–water partition coefficient (Wildman–Crippen LogP) is 2.89. The summed E-state index contributed by atoms with van der Waals surface area (Å²) >= 11 is 0. The largest absolute Gasteiger partial charge is 0.345 e. The van der Waals surface area contributed by atoms with Crippen LogP contribution in [0.5, 0.6) is 0 Å². The molecular formula is C14H8F2N4O. The summed E-state index contributed by atoms with van der Waals surface area (Å²) in [5.74, 6) is -1.59. The van der Waals surface area contributed by atoms with Crippen LogP contribution in [-0.4, -0.2) is 14.7 Å². The van der Waals surface area contributed by atoms with Crippen molar-refractivity contribution >= 4 is 0 Å². The molecule has 0 saturated heterocycles. The Bertz CT molecular complexity index is 860. The minimum absolute atomic E-state index is 0.142. The lowest BCUT2D eigenvalue weighted by atomic mass is 10.2. The zero-order chi connectivity index (χ0) is 15.0. The molecule has 5 nitrogen and oxygen atoms in total. The Balaban J connectivity index is 2.01. The molecule has 0 aliphatic heterocycles. The van der Waals surface area contributed by atoms with E-state index in [1.807, 2.05) is 6.07 Å². The van der Waals surface area contributed by atoms with E-state index in [0.29, 0.717) is 16.8 Å². The van der Waals surface area contributed by atoms with Gasteiger partial charge in [-0.25, -0.2) is 8.78 Å². The van der Waals surface area contributed by atoms with Gasteiger partial charge < -0.3 is 9.09 Å². The molecule has 3 aromatic rings. The molecule has 0 bridgehead atoms. The quantitative estimate of drug-likeness (QED) is 0.726. The zero-order valence-electron chi connectivity index (χ0n) is 10.8. The lowest BCUT2D eigenvalue weighted by molar-refractivity contribution is 0.429. The van der Waals surface area contributed by atoms with Crippen molar-refractivity contribution in [3.8, 4) is 29.0 Å². The average Bonchev–Trinajstić information content (AvgIpc) is 3.08. The molecule has 104 valence electrons. The molecule has 0 spiro atoms. The molecule has 0 radical (unpaired) electrons. The Kier molecular flexibility index (Phi) is 2.99. The fraction of sp³-hybridized carbons (Fsp3) is 0.0714. The van der Waals surface area contributed by atoms with Gasteiger partial charge in [0.1, 0.15) is 11.8 Å². The van der Waals surface area contributed by atoms with Gasteiger partial charge in [-0.3, -0.25) is 0 Å². The number of nitrogens with zero attached hydrogens (tertiary/aromatic N) is 4. The van der Waals surface area contributed by atoms with Crippen LogP contribution >= 0.6 is 0 Å². The van der Waals surface area contributed by atoms with E-state index < -0.39 is 11.6 Å². The fourth-order valence-corrected chi connectivity index (χ4v) is 1.92. The second-order valence-corrected chi connectivity index (χ2v) is 4.39. The minimum Gasteiger partial charge on any atom is -0.345 e. The van der Waals surface area contributed by atoms with E-state index in [2.05, 4.69) is 10.1 Å². The highest BCUT2D eigenvalue weighted by atomic mass is 19.2. The van der Waals surface area contributed by atoms with Crippen LogP contribution in [0.1, 0.15) is 5.56 Å². The van der Waals surface area contributed by atoms with Crippen molar-refractivity contribution < 1.29 is 13.3 Å². The predicted molar refractivity (Wildman–Crippen MR) is 68.8 cm³/mol. The first kappa shape index (κ1) is 13.0. The maximum Gasteiger partial charge on any atom is 0.274 e. The van der Waals surface area contributed by atoms with Crippen molar-refractivity contribution in [2.75, 3.05) is 0 Å². The standard InChI is InChI=1S/C14H8F2N4O/c1-20-7-8(6-17)4-12(20)14-18-13(19-21-14)9-2-3-10(15)11(16)5-9/h2-5,7H,1H3. The highest BCUT2D eigenvalue weighted by molar-refractivity contribution is 5.59. The first-order valence-electron chi connectivity index (χ1n) is 5.94.